The lowest BCUT2D eigenvalue weighted by Crippen LogP contribution is -2.32. The standard InChI is InChI=1S/C13H20N2O2S/c1-9-10(6-7-11(15-9)18-5)8-14-12(16)17-13(2,3)4/h6-7H,8H2,1-5H3,(H,14,16). The Morgan fingerprint density at radius 1 is 1.44 bits per heavy atom. The van der Waals surface area contributed by atoms with Gasteiger partial charge in [-0.15, -0.1) is 11.8 Å². The van der Waals surface area contributed by atoms with Crippen LogP contribution < -0.4 is 5.32 Å². The number of nitrogens with zero attached hydrogens (tertiary/aromatic N) is 1. The molecule has 0 bridgehead atoms. The SMILES string of the molecule is CSc1ccc(CNC(=O)OC(C)(C)C)c(C)n1. The summed E-state index contributed by atoms with van der Waals surface area (Å²) in [4.78, 5) is 15.9. The average molecular weight is 268 g/mol. The van der Waals surface area contributed by atoms with Crippen LogP contribution in [0.4, 0.5) is 4.79 Å². The Hall–Kier alpha value is -1.23. The maximum absolute atomic E-state index is 11.5. The summed E-state index contributed by atoms with van der Waals surface area (Å²) in [6.45, 7) is 7.89. The number of rotatable bonds is 3. The van der Waals surface area contributed by atoms with Crippen molar-refractivity contribution in [2.24, 2.45) is 0 Å². The van der Waals surface area contributed by atoms with Crippen LogP contribution in [-0.4, -0.2) is 22.9 Å². The largest absolute Gasteiger partial charge is 0.444 e. The zero-order chi connectivity index (χ0) is 13.8. The van der Waals surface area contributed by atoms with E-state index in [2.05, 4.69) is 10.3 Å². The quantitative estimate of drug-likeness (QED) is 0.856. The van der Waals surface area contributed by atoms with Crippen molar-refractivity contribution in [2.45, 2.75) is 44.9 Å². The molecule has 5 heteroatoms. The molecule has 1 rings (SSSR count). The van der Waals surface area contributed by atoms with E-state index in [1.165, 1.54) is 0 Å². The number of pyridine rings is 1. The van der Waals surface area contributed by atoms with Crippen LogP contribution in [-0.2, 0) is 11.3 Å². The van der Waals surface area contributed by atoms with E-state index in [1.807, 2.05) is 46.1 Å². The highest BCUT2D eigenvalue weighted by molar-refractivity contribution is 7.98. The van der Waals surface area contributed by atoms with Gasteiger partial charge in [0.1, 0.15) is 5.60 Å². The number of nitrogens with one attached hydrogen (secondary N) is 1. The van der Waals surface area contributed by atoms with E-state index in [-0.39, 0.29) is 0 Å². The van der Waals surface area contributed by atoms with Gasteiger partial charge in [0, 0.05) is 12.2 Å². The number of alkyl carbamates (subject to hydrolysis) is 1. The predicted molar refractivity (Wildman–Crippen MR) is 73.8 cm³/mol. The summed E-state index contributed by atoms with van der Waals surface area (Å²) in [7, 11) is 0. The Balaban J connectivity index is 2.56. The van der Waals surface area contributed by atoms with Gasteiger partial charge in [-0.3, -0.25) is 0 Å². The number of hydrogen-bond donors (Lipinski definition) is 1. The van der Waals surface area contributed by atoms with Gasteiger partial charge in [-0.25, -0.2) is 9.78 Å². The summed E-state index contributed by atoms with van der Waals surface area (Å²) >= 11 is 1.60. The molecule has 4 nitrogen and oxygen atoms in total. The van der Waals surface area contributed by atoms with Crippen molar-refractivity contribution in [1.82, 2.24) is 10.3 Å². The molecule has 0 spiro atoms. The number of carbonyl (C=O) groups excluding carboxylic acids is 1. The molecule has 100 valence electrons. The normalized spacial score (nSPS) is 11.2. The van der Waals surface area contributed by atoms with Crippen LogP contribution in [0.1, 0.15) is 32.0 Å². The number of thioether (sulfide) groups is 1. The Morgan fingerprint density at radius 3 is 2.61 bits per heavy atom. The van der Waals surface area contributed by atoms with E-state index in [0.29, 0.717) is 6.54 Å². The van der Waals surface area contributed by atoms with Crippen molar-refractivity contribution < 1.29 is 9.53 Å². The van der Waals surface area contributed by atoms with E-state index in [4.69, 9.17) is 4.74 Å². The van der Waals surface area contributed by atoms with Gasteiger partial charge < -0.3 is 10.1 Å². The molecule has 18 heavy (non-hydrogen) atoms. The second-order valence-corrected chi connectivity index (χ2v) is 5.78. The molecular weight excluding hydrogens is 248 g/mol. The molecular formula is C13H20N2O2S. The first-order valence-electron chi connectivity index (χ1n) is 5.79. The van der Waals surface area contributed by atoms with Crippen LogP contribution in [0, 0.1) is 6.92 Å². The molecule has 0 fully saturated rings. The van der Waals surface area contributed by atoms with E-state index >= 15 is 0 Å². The van der Waals surface area contributed by atoms with Gasteiger partial charge >= 0.3 is 6.09 Å². The molecule has 0 unspecified atom stereocenters. The second-order valence-electron chi connectivity index (χ2n) is 4.95. The van der Waals surface area contributed by atoms with E-state index < -0.39 is 11.7 Å². The average Bonchev–Trinajstić information content (AvgIpc) is 2.25. The van der Waals surface area contributed by atoms with Crippen molar-refractivity contribution in [3.8, 4) is 0 Å². The summed E-state index contributed by atoms with van der Waals surface area (Å²) < 4.78 is 5.17. The molecule has 0 saturated carbocycles. The van der Waals surface area contributed by atoms with Gasteiger partial charge in [0.05, 0.1) is 5.03 Å². The third-order valence-corrected chi connectivity index (χ3v) is 2.85. The number of ether oxygens (including phenoxy) is 1. The Labute approximate surface area is 113 Å². The smallest absolute Gasteiger partial charge is 0.407 e. The van der Waals surface area contributed by atoms with Crippen LogP contribution in [0.2, 0.25) is 0 Å². The molecule has 0 aliphatic rings. The van der Waals surface area contributed by atoms with E-state index in [0.717, 1.165) is 16.3 Å². The van der Waals surface area contributed by atoms with Crippen LogP contribution in [0.3, 0.4) is 0 Å². The highest BCUT2D eigenvalue weighted by atomic mass is 32.2. The third kappa shape index (κ3) is 4.96. The highest BCUT2D eigenvalue weighted by Crippen LogP contribution is 2.14. The summed E-state index contributed by atoms with van der Waals surface area (Å²) in [5, 5.41) is 3.71. The van der Waals surface area contributed by atoms with Crippen molar-refractivity contribution in [3.05, 3.63) is 23.4 Å². The van der Waals surface area contributed by atoms with Crippen LogP contribution >= 0.6 is 11.8 Å². The van der Waals surface area contributed by atoms with Crippen LogP contribution in [0.25, 0.3) is 0 Å². The minimum absolute atomic E-state index is 0.407. The molecule has 1 amide bonds. The van der Waals surface area contributed by atoms with Gasteiger partial charge in [0.15, 0.2) is 0 Å². The molecule has 0 saturated heterocycles. The van der Waals surface area contributed by atoms with Gasteiger partial charge in [-0.05, 0) is 45.6 Å². The molecule has 0 aromatic carbocycles. The van der Waals surface area contributed by atoms with E-state index in [9.17, 15) is 4.79 Å². The second kappa shape index (κ2) is 6.09. The zero-order valence-electron chi connectivity index (χ0n) is 11.5. The van der Waals surface area contributed by atoms with Crippen molar-refractivity contribution >= 4 is 17.9 Å². The van der Waals surface area contributed by atoms with Gasteiger partial charge in [-0.2, -0.15) is 0 Å². The summed E-state index contributed by atoms with van der Waals surface area (Å²) in [5.41, 5.74) is 1.46. The van der Waals surface area contributed by atoms with Crippen molar-refractivity contribution in [1.29, 1.82) is 0 Å². The number of hydrogen-bond acceptors (Lipinski definition) is 4. The zero-order valence-corrected chi connectivity index (χ0v) is 12.4. The molecule has 0 radical (unpaired) electrons. The summed E-state index contributed by atoms with van der Waals surface area (Å²) in [5.74, 6) is 0. The third-order valence-electron chi connectivity index (χ3n) is 2.20. The lowest BCUT2D eigenvalue weighted by Gasteiger charge is -2.19. The van der Waals surface area contributed by atoms with Crippen LogP contribution in [0.5, 0.6) is 0 Å². The van der Waals surface area contributed by atoms with E-state index in [1.54, 1.807) is 11.8 Å². The number of amides is 1. The fourth-order valence-electron chi connectivity index (χ4n) is 1.35. The van der Waals surface area contributed by atoms with Crippen LogP contribution in [0.15, 0.2) is 17.2 Å². The number of aryl methyl sites for hydroxylation is 1. The minimum Gasteiger partial charge on any atom is -0.444 e. The minimum atomic E-state index is -0.472. The lowest BCUT2D eigenvalue weighted by molar-refractivity contribution is 0.0523. The first-order chi connectivity index (χ1) is 8.31. The summed E-state index contributed by atoms with van der Waals surface area (Å²) in [6.07, 6.45) is 1.58. The number of carbonyl (C=O) groups is 1. The Morgan fingerprint density at radius 2 is 2.11 bits per heavy atom. The predicted octanol–water partition coefficient (Wildman–Crippen LogP) is 3.14. The fraction of sp³-hybridized carbons (Fsp3) is 0.538. The number of aromatic nitrogens is 1. The lowest BCUT2D eigenvalue weighted by atomic mass is 10.2. The van der Waals surface area contributed by atoms with Gasteiger partial charge in [-0.1, -0.05) is 6.07 Å². The topological polar surface area (TPSA) is 51.2 Å². The molecule has 0 atom stereocenters. The Bertz CT molecular complexity index is 427. The maximum atomic E-state index is 11.5. The van der Waals surface area contributed by atoms with Crippen molar-refractivity contribution in [2.75, 3.05) is 6.26 Å². The first-order valence-corrected chi connectivity index (χ1v) is 7.01. The monoisotopic (exact) mass is 268 g/mol. The highest BCUT2D eigenvalue weighted by Gasteiger charge is 2.15. The van der Waals surface area contributed by atoms with Crippen molar-refractivity contribution in [3.63, 3.8) is 0 Å². The molecule has 1 aromatic rings. The molecule has 0 aliphatic carbocycles. The molecule has 1 aromatic heterocycles. The fourth-order valence-corrected chi connectivity index (χ4v) is 1.78. The first kappa shape index (κ1) is 14.8. The van der Waals surface area contributed by atoms with Gasteiger partial charge in [0.25, 0.3) is 0 Å². The molecule has 0 aliphatic heterocycles. The molecule has 1 N–H and O–H groups in total. The summed E-state index contributed by atoms with van der Waals surface area (Å²) in [6, 6.07) is 3.93. The van der Waals surface area contributed by atoms with Gasteiger partial charge in [0.2, 0.25) is 0 Å². The maximum Gasteiger partial charge on any atom is 0.407 e. The molecule has 1 heterocycles. The Kier molecular flexibility index (Phi) is 5.02.